The van der Waals surface area contributed by atoms with Gasteiger partial charge < -0.3 is 9.47 Å². The fourth-order valence-corrected chi connectivity index (χ4v) is 1.96. The SMILES string of the molecule is CC(C)(C(=O)OCCOc1ccccc1)c1ccccc1. The van der Waals surface area contributed by atoms with Crippen molar-refractivity contribution in [3.63, 3.8) is 0 Å². The van der Waals surface area contributed by atoms with E-state index in [9.17, 15) is 4.79 Å². The highest BCUT2D eigenvalue weighted by molar-refractivity contribution is 5.82. The van der Waals surface area contributed by atoms with Crippen LogP contribution in [0.1, 0.15) is 19.4 Å². The van der Waals surface area contributed by atoms with E-state index in [1.54, 1.807) is 0 Å². The van der Waals surface area contributed by atoms with Gasteiger partial charge in [0.2, 0.25) is 0 Å². The number of ether oxygens (including phenoxy) is 2. The summed E-state index contributed by atoms with van der Waals surface area (Å²) in [6, 6.07) is 19.1. The Balaban J connectivity index is 1.82. The molecule has 0 amide bonds. The lowest BCUT2D eigenvalue weighted by atomic mass is 9.85. The molecule has 0 aromatic heterocycles. The molecular formula is C18H20O3. The Morgan fingerprint density at radius 1 is 0.905 bits per heavy atom. The molecule has 0 saturated heterocycles. The Hall–Kier alpha value is -2.29. The number of benzene rings is 2. The number of rotatable bonds is 6. The van der Waals surface area contributed by atoms with Crippen molar-refractivity contribution in [1.29, 1.82) is 0 Å². The molecule has 0 aliphatic carbocycles. The van der Waals surface area contributed by atoms with Gasteiger partial charge >= 0.3 is 5.97 Å². The molecule has 0 radical (unpaired) electrons. The van der Waals surface area contributed by atoms with Gasteiger partial charge in [0.05, 0.1) is 5.41 Å². The molecule has 2 rings (SSSR count). The van der Waals surface area contributed by atoms with E-state index in [1.165, 1.54) is 0 Å². The Morgan fingerprint density at radius 2 is 1.48 bits per heavy atom. The molecule has 0 unspecified atom stereocenters. The fourth-order valence-electron chi connectivity index (χ4n) is 1.96. The van der Waals surface area contributed by atoms with Crippen LogP contribution in [-0.2, 0) is 14.9 Å². The van der Waals surface area contributed by atoms with Crippen LogP contribution in [0.5, 0.6) is 5.75 Å². The van der Waals surface area contributed by atoms with Crippen LogP contribution in [0.3, 0.4) is 0 Å². The molecular weight excluding hydrogens is 264 g/mol. The zero-order chi connectivity index (χ0) is 15.1. The second-order valence-corrected chi connectivity index (χ2v) is 5.29. The highest BCUT2D eigenvalue weighted by Crippen LogP contribution is 2.24. The van der Waals surface area contributed by atoms with Crippen LogP contribution in [0.4, 0.5) is 0 Å². The number of carbonyl (C=O) groups is 1. The summed E-state index contributed by atoms with van der Waals surface area (Å²) < 4.78 is 10.8. The summed E-state index contributed by atoms with van der Waals surface area (Å²) in [5.41, 5.74) is 0.285. The van der Waals surface area contributed by atoms with E-state index < -0.39 is 5.41 Å². The van der Waals surface area contributed by atoms with E-state index in [0.717, 1.165) is 11.3 Å². The molecule has 0 spiro atoms. The minimum atomic E-state index is -0.659. The monoisotopic (exact) mass is 284 g/mol. The molecule has 3 heteroatoms. The molecule has 2 aromatic carbocycles. The van der Waals surface area contributed by atoms with Crippen molar-refractivity contribution >= 4 is 5.97 Å². The van der Waals surface area contributed by atoms with Gasteiger partial charge in [-0.15, -0.1) is 0 Å². The summed E-state index contributed by atoms with van der Waals surface area (Å²) in [6.45, 7) is 4.32. The van der Waals surface area contributed by atoms with Crippen LogP contribution in [0.25, 0.3) is 0 Å². The van der Waals surface area contributed by atoms with Crippen LogP contribution in [0.2, 0.25) is 0 Å². The van der Waals surface area contributed by atoms with Crippen LogP contribution in [0, 0.1) is 0 Å². The minimum absolute atomic E-state index is 0.240. The lowest BCUT2D eigenvalue weighted by Gasteiger charge is -2.23. The molecule has 0 saturated carbocycles. The molecule has 0 aliphatic rings. The van der Waals surface area contributed by atoms with Gasteiger partial charge in [0.1, 0.15) is 19.0 Å². The third kappa shape index (κ3) is 4.09. The standard InChI is InChI=1S/C18H20O3/c1-18(2,15-9-5-3-6-10-15)17(19)21-14-13-20-16-11-7-4-8-12-16/h3-12H,13-14H2,1-2H3. The van der Waals surface area contributed by atoms with Crippen molar-refractivity contribution in [2.75, 3.05) is 13.2 Å². The van der Waals surface area contributed by atoms with Gasteiger partial charge in [-0.25, -0.2) is 0 Å². The average molecular weight is 284 g/mol. The van der Waals surface area contributed by atoms with Crippen molar-refractivity contribution in [3.05, 3.63) is 66.2 Å². The Bertz CT molecular complexity index is 562. The lowest BCUT2D eigenvalue weighted by molar-refractivity contribution is -0.150. The summed E-state index contributed by atoms with van der Waals surface area (Å²) in [5.74, 6) is 0.529. The summed E-state index contributed by atoms with van der Waals surface area (Å²) >= 11 is 0. The number of hydrogen-bond acceptors (Lipinski definition) is 3. The van der Waals surface area contributed by atoms with Gasteiger partial charge in [-0.1, -0.05) is 48.5 Å². The van der Waals surface area contributed by atoms with Crippen LogP contribution < -0.4 is 4.74 Å². The van der Waals surface area contributed by atoms with Crippen molar-refractivity contribution < 1.29 is 14.3 Å². The minimum Gasteiger partial charge on any atom is -0.490 e. The largest absolute Gasteiger partial charge is 0.490 e. The highest BCUT2D eigenvalue weighted by atomic mass is 16.6. The third-order valence-corrected chi connectivity index (χ3v) is 3.33. The van der Waals surface area contributed by atoms with Crippen molar-refractivity contribution in [2.45, 2.75) is 19.3 Å². The van der Waals surface area contributed by atoms with Crippen molar-refractivity contribution in [1.82, 2.24) is 0 Å². The summed E-state index contributed by atoms with van der Waals surface area (Å²) in [5, 5.41) is 0. The van der Waals surface area contributed by atoms with Crippen molar-refractivity contribution in [2.24, 2.45) is 0 Å². The predicted molar refractivity (Wildman–Crippen MR) is 82.4 cm³/mol. The van der Waals surface area contributed by atoms with Gasteiger partial charge in [0, 0.05) is 0 Å². The smallest absolute Gasteiger partial charge is 0.316 e. The van der Waals surface area contributed by atoms with E-state index in [4.69, 9.17) is 9.47 Å². The van der Waals surface area contributed by atoms with Crippen LogP contribution in [0.15, 0.2) is 60.7 Å². The van der Waals surface area contributed by atoms with E-state index in [0.29, 0.717) is 6.61 Å². The topological polar surface area (TPSA) is 35.5 Å². The average Bonchev–Trinajstić information content (AvgIpc) is 2.53. The molecule has 0 fully saturated rings. The Kier molecular flexibility index (Phi) is 4.99. The van der Waals surface area contributed by atoms with Gasteiger partial charge in [-0.3, -0.25) is 4.79 Å². The van der Waals surface area contributed by atoms with E-state index in [-0.39, 0.29) is 12.6 Å². The first-order valence-electron chi connectivity index (χ1n) is 7.01. The third-order valence-electron chi connectivity index (χ3n) is 3.33. The molecule has 0 aliphatic heterocycles. The molecule has 0 atom stereocenters. The quantitative estimate of drug-likeness (QED) is 0.600. The highest BCUT2D eigenvalue weighted by Gasteiger charge is 2.31. The number of hydrogen-bond donors (Lipinski definition) is 0. The Labute approximate surface area is 125 Å². The van der Waals surface area contributed by atoms with E-state index in [1.807, 2.05) is 74.5 Å². The van der Waals surface area contributed by atoms with Crippen LogP contribution in [-0.4, -0.2) is 19.2 Å². The first kappa shape index (κ1) is 15.1. The number of para-hydroxylation sites is 1. The van der Waals surface area contributed by atoms with Crippen LogP contribution >= 0.6 is 0 Å². The molecule has 0 bridgehead atoms. The maximum absolute atomic E-state index is 12.2. The van der Waals surface area contributed by atoms with E-state index in [2.05, 4.69) is 0 Å². The summed E-state index contributed by atoms with van der Waals surface area (Å²) in [4.78, 5) is 12.2. The predicted octanol–water partition coefficient (Wildman–Crippen LogP) is 3.59. The maximum Gasteiger partial charge on any atom is 0.316 e. The summed E-state index contributed by atoms with van der Waals surface area (Å²) in [6.07, 6.45) is 0. The molecule has 0 heterocycles. The first-order chi connectivity index (χ1) is 10.1. The van der Waals surface area contributed by atoms with E-state index >= 15 is 0 Å². The van der Waals surface area contributed by atoms with Gasteiger partial charge in [0.15, 0.2) is 0 Å². The zero-order valence-corrected chi connectivity index (χ0v) is 12.4. The second-order valence-electron chi connectivity index (χ2n) is 5.29. The number of carbonyl (C=O) groups excluding carboxylic acids is 1. The molecule has 2 aromatic rings. The normalized spacial score (nSPS) is 11.0. The second kappa shape index (κ2) is 6.93. The van der Waals surface area contributed by atoms with Crippen molar-refractivity contribution in [3.8, 4) is 5.75 Å². The lowest BCUT2D eigenvalue weighted by Crippen LogP contribution is -2.32. The molecule has 3 nitrogen and oxygen atoms in total. The first-order valence-corrected chi connectivity index (χ1v) is 7.01. The summed E-state index contributed by atoms with van der Waals surface area (Å²) in [7, 11) is 0. The van der Waals surface area contributed by atoms with Gasteiger partial charge in [0.25, 0.3) is 0 Å². The number of esters is 1. The molecule has 21 heavy (non-hydrogen) atoms. The van der Waals surface area contributed by atoms with Gasteiger partial charge in [-0.2, -0.15) is 0 Å². The fraction of sp³-hybridized carbons (Fsp3) is 0.278. The zero-order valence-electron chi connectivity index (χ0n) is 12.4. The van der Waals surface area contributed by atoms with Gasteiger partial charge in [-0.05, 0) is 31.5 Å². The molecule has 0 N–H and O–H groups in total. The Morgan fingerprint density at radius 3 is 2.10 bits per heavy atom. The molecule has 110 valence electrons. The maximum atomic E-state index is 12.2.